The minimum Gasteiger partial charge on any atom is -0.495 e. The summed E-state index contributed by atoms with van der Waals surface area (Å²) in [6.07, 6.45) is 2.99. The third kappa shape index (κ3) is 5.27. The molecule has 23 heavy (non-hydrogen) atoms. The first kappa shape index (κ1) is 16.8. The summed E-state index contributed by atoms with van der Waals surface area (Å²) in [4.78, 5) is 27.6. The summed E-state index contributed by atoms with van der Waals surface area (Å²) in [7, 11) is 1.49. The summed E-state index contributed by atoms with van der Waals surface area (Å²) in [5, 5.41) is 5.74. The number of aromatic nitrogens is 1. The number of carbonyl (C=O) groups excluding carboxylic acids is 2. The van der Waals surface area contributed by atoms with Gasteiger partial charge in [-0.1, -0.05) is 11.6 Å². The molecule has 0 fully saturated rings. The number of pyridine rings is 1. The molecule has 0 saturated heterocycles. The van der Waals surface area contributed by atoms with Crippen molar-refractivity contribution in [2.45, 2.75) is 13.0 Å². The number of hydrogen-bond acceptors (Lipinski definition) is 4. The first-order chi connectivity index (χ1) is 11.1. The predicted octanol–water partition coefficient (Wildman–Crippen LogP) is 2.39. The summed E-state index contributed by atoms with van der Waals surface area (Å²) in [5.74, 6) is -0.349. The summed E-state index contributed by atoms with van der Waals surface area (Å²) in [6.45, 7) is 0.342. The molecule has 0 atom stereocenters. The van der Waals surface area contributed by atoms with E-state index in [-0.39, 0.29) is 12.3 Å². The SMILES string of the molecule is COc1ccc(Cl)cc1NC(=O)CC(=O)NCc1ccncc1. The van der Waals surface area contributed by atoms with Crippen LogP contribution >= 0.6 is 11.6 Å². The average Bonchev–Trinajstić information content (AvgIpc) is 2.54. The van der Waals surface area contributed by atoms with Gasteiger partial charge in [0.15, 0.2) is 0 Å². The van der Waals surface area contributed by atoms with E-state index in [0.717, 1.165) is 5.56 Å². The number of nitrogens with one attached hydrogen (secondary N) is 2. The maximum atomic E-state index is 11.9. The molecule has 2 amide bonds. The lowest BCUT2D eigenvalue weighted by atomic mass is 10.2. The predicted molar refractivity (Wildman–Crippen MR) is 87.3 cm³/mol. The second-order valence-electron chi connectivity index (χ2n) is 4.70. The zero-order valence-corrected chi connectivity index (χ0v) is 13.3. The van der Waals surface area contributed by atoms with Crippen molar-refractivity contribution in [3.05, 3.63) is 53.3 Å². The van der Waals surface area contributed by atoms with E-state index in [1.165, 1.54) is 7.11 Å². The van der Waals surface area contributed by atoms with Crippen LogP contribution in [0.3, 0.4) is 0 Å². The number of amides is 2. The highest BCUT2D eigenvalue weighted by Gasteiger charge is 2.12. The minimum atomic E-state index is -0.446. The van der Waals surface area contributed by atoms with Crippen LogP contribution in [-0.4, -0.2) is 23.9 Å². The minimum absolute atomic E-state index is 0.291. The van der Waals surface area contributed by atoms with E-state index < -0.39 is 5.91 Å². The Morgan fingerprint density at radius 2 is 1.91 bits per heavy atom. The zero-order valence-electron chi connectivity index (χ0n) is 12.5. The van der Waals surface area contributed by atoms with E-state index in [4.69, 9.17) is 16.3 Å². The van der Waals surface area contributed by atoms with Gasteiger partial charge < -0.3 is 15.4 Å². The normalized spacial score (nSPS) is 10.0. The van der Waals surface area contributed by atoms with Gasteiger partial charge in [-0.3, -0.25) is 14.6 Å². The molecular weight excluding hydrogens is 318 g/mol. The summed E-state index contributed by atoms with van der Waals surface area (Å²) >= 11 is 5.89. The molecule has 2 rings (SSSR count). The molecule has 0 radical (unpaired) electrons. The Balaban J connectivity index is 1.87. The second-order valence-corrected chi connectivity index (χ2v) is 5.14. The lowest BCUT2D eigenvalue weighted by molar-refractivity contribution is -0.126. The van der Waals surface area contributed by atoms with Crippen molar-refractivity contribution in [2.75, 3.05) is 12.4 Å². The molecule has 0 aliphatic rings. The standard InChI is InChI=1S/C16H16ClN3O3/c1-23-14-3-2-12(17)8-13(14)20-16(22)9-15(21)19-10-11-4-6-18-7-5-11/h2-8H,9-10H2,1H3,(H,19,21)(H,20,22). The van der Waals surface area contributed by atoms with E-state index in [2.05, 4.69) is 15.6 Å². The molecule has 1 aromatic carbocycles. The van der Waals surface area contributed by atoms with Gasteiger partial charge in [-0.2, -0.15) is 0 Å². The first-order valence-corrected chi connectivity index (χ1v) is 7.25. The lowest BCUT2D eigenvalue weighted by Crippen LogP contribution is -2.27. The van der Waals surface area contributed by atoms with E-state index in [1.54, 1.807) is 42.7 Å². The van der Waals surface area contributed by atoms with E-state index in [9.17, 15) is 9.59 Å². The van der Waals surface area contributed by atoms with Crippen LogP contribution in [0.2, 0.25) is 5.02 Å². The average molecular weight is 334 g/mol. The fourth-order valence-electron chi connectivity index (χ4n) is 1.88. The zero-order chi connectivity index (χ0) is 16.7. The molecule has 7 heteroatoms. The third-order valence-electron chi connectivity index (χ3n) is 3.00. The molecule has 0 aliphatic heterocycles. The second kappa shape index (κ2) is 8.14. The highest BCUT2D eigenvalue weighted by atomic mass is 35.5. The highest BCUT2D eigenvalue weighted by molar-refractivity contribution is 6.31. The van der Waals surface area contributed by atoms with E-state index in [0.29, 0.717) is 23.0 Å². The number of ether oxygens (including phenoxy) is 1. The molecule has 1 heterocycles. The highest BCUT2D eigenvalue weighted by Crippen LogP contribution is 2.27. The van der Waals surface area contributed by atoms with Gasteiger partial charge in [0.1, 0.15) is 12.2 Å². The third-order valence-corrected chi connectivity index (χ3v) is 3.23. The number of carbonyl (C=O) groups is 2. The Morgan fingerprint density at radius 3 is 2.61 bits per heavy atom. The molecule has 6 nitrogen and oxygen atoms in total. The Hall–Kier alpha value is -2.60. The lowest BCUT2D eigenvalue weighted by Gasteiger charge is -2.10. The van der Waals surface area contributed by atoms with Crippen molar-refractivity contribution in [2.24, 2.45) is 0 Å². The van der Waals surface area contributed by atoms with Crippen molar-refractivity contribution in [1.29, 1.82) is 0 Å². The van der Waals surface area contributed by atoms with Gasteiger partial charge in [-0.05, 0) is 35.9 Å². The maximum absolute atomic E-state index is 11.9. The molecule has 0 unspecified atom stereocenters. The van der Waals surface area contributed by atoms with E-state index >= 15 is 0 Å². The van der Waals surface area contributed by atoms with Crippen molar-refractivity contribution >= 4 is 29.1 Å². The molecule has 120 valence electrons. The monoisotopic (exact) mass is 333 g/mol. The molecule has 0 spiro atoms. The number of nitrogens with zero attached hydrogens (tertiary/aromatic N) is 1. The number of halogens is 1. The van der Waals surface area contributed by atoms with Crippen LogP contribution in [0.4, 0.5) is 5.69 Å². The Kier molecular flexibility index (Phi) is 5.94. The number of rotatable bonds is 6. The van der Waals surface area contributed by atoms with Gasteiger partial charge >= 0.3 is 0 Å². The van der Waals surface area contributed by atoms with Gasteiger partial charge in [0.2, 0.25) is 11.8 Å². The number of anilines is 1. The van der Waals surface area contributed by atoms with Gasteiger partial charge in [-0.15, -0.1) is 0 Å². The first-order valence-electron chi connectivity index (χ1n) is 6.87. The van der Waals surface area contributed by atoms with Gasteiger partial charge in [0.25, 0.3) is 0 Å². The van der Waals surface area contributed by atoms with Gasteiger partial charge in [-0.25, -0.2) is 0 Å². The van der Waals surface area contributed by atoms with Gasteiger partial charge in [0.05, 0.1) is 12.8 Å². The quantitative estimate of drug-likeness (QED) is 0.795. The van der Waals surface area contributed by atoms with Crippen molar-refractivity contribution in [1.82, 2.24) is 10.3 Å². The summed E-state index contributed by atoms with van der Waals surface area (Å²) in [5.41, 5.74) is 1.33. The smallest absolute Gasteiger partial charge is 0.233 e. The van der Waals surface area contributed by atoms with Crippen molar-refractivity contribution in [3.8, 4) is 5.75 Å². The van der Waals surface area contributed by atoms with Crippen LogP contribution in [-0.2, 0) is 16.1 Å². The summed E-state index contributed by atoms with van der Waals surface area (Å²) in [6, 6.07) is 8.43. The van der Waals surface area contributed by atoms with Gasteiger partial charge in [0, 0.05) is 24.0 Å². The molecule has 2 N–H and O–H groups in total. The fraction of sp³-hybridized carbons (Fsp3) is 0.188. The number of benzene rings is 1. The number of methoxy groups -OCH3 is 1. The van der Waals surface area contributed by atoms with E-state index in [1.807, 2.05) is 0 Å². The molecule has 1 aromatic heterocycles. The Bertz CT molecular complexity index is 692. The molecule has 0 aliphatic carbocycles. The molecule has 0 saturated carbocycles. The van der Waals surface area contributed by atoms with Crippen LogP contribution in [0, 0.1) is 0 Å². The van der Waals surface area contributed by atoms with Crippen LogP contribution in [0.25, 0.3) is 0 Å². The fourth-order valence-corrected chi connectivity index (χ4v) is 2.05. The van der Waals surface area contributed by atoms with Crippen molar-refractivity contribution in [3.63, 3.8) is 0 Å². The largest absolute Gasteiger partial charge is 0.495 e. The van der Waals surface area contributed by atoms with Crippen LogP contribution in [0.15, 0.2) is 42.7 Å². The molecule has 0 bridgehead atoms. The molecular formula is C16H16ClN3O3. The maximum Gasteiger partial charge on any atom is 0.233 e. The van der Waals surface area contributed by atoms with Crippen molar-refractivity contribution < 1.29 is 14.3 Å². The van der Waals surface area contributed by atoms with Crippen LogP contribution in [0.5, 0.6) is 5.75 Å². The molecule has 2 aromatic rings. The summed E-state index contributed by atoms with van der Waals surface area (Å²) < 4.78 is 5.13. The topological polar surface area (TPSA) is 80.3 Å². The Morgan fingerprint density at radius 1 is 1.17 bits per heavy atom. The number of hydrogen-bond donors (Lipinski definition) is 2. The van der Waals surface area contributed by atoms with Crippen LogP contribution in [0.1, 0.15) is 12.0 Å². The Labute approximate surface area is 138 Å². The van der Waals surface area contributed by atoms with Crippen LogP contribution < -0.4 is 15.4 Å².